The highest BCUT2D eigenvalue weighted by molar-refractivity contribution is 8.93. The van der Waals surface area contributed by atoms with Crippen molar-refractivity contribution in [3.05, 3.63) is 59.0 Å². The van der Waals surface area contributed by atoms with Gasteiger partial charge in [-0.15, -0.1) is 28.3 Å². The molecule has 3 rings (SSSR count). The highest BCUT2D eigenvalue weighted by atomic mass is 79.9. The maximum absolute atomic E-state index is 5.19. The van der Waals surface area contributed by atoms with Gasteiger partial charge in [0.25, 0.3) is 0 Å². The van der Waals surface area contributed by atoms with E-state index in [-0.39, 0.29) is 17.0 Å². The third-order valence-corrected chi connectivity index (χ3v) is 4.53. The first-order chi connectivity index (χ1) is 12.2. The number of nitrogens with zero attached hydrogens (tertiary/aromatic N) is 2. The van der Waals surface area contributed by atoms with Gasteiger partial charge in [-0.25, -0.2) is 4.98 Å². The fourth-order valence-corrected chi connectivity index (χ4v) is 3.10. The normalized spacial score (nSPS) is 10.4. The maximum Gasteiger partial charge on any atom is 0.204 e. The van der Waals surface area contributed by atoms with E-state index in [0.717, 1.165) is 38.3 Å². The van der Waals surface area contributed by atoms with Crippen molar-refractivity contribution >= 4 is 39.7 Å². The van der Waals surface area contributed by atoms with E-state index in [1.807, 2.05) is 48.5 Å². The van der Waals surface area contributed by atoms with E-state index in [1.165, 1.54) is 0 Å². The van der Waals surface area contributed by atoms with Crippen molar-refractivity contribution in [1.82, 2.24) is 4.98 Å². The molecule has 0 saturated carbocycles. The second-order valence-corrected chi connectivity index (χ2v) is 6.50. The Morgan fingerprint density at radius 2 is 1.54 bits per heavy atom. The number of halogens is 1. The number of hydrazone groups is 1. The van der Waals surface area contributed by atoms with Crippen LogP contribution in [0.25, 0.3) is 11.3 Å². The number of aromatic nitrogens is 1. The van der Waals surface area contributed by atoms with Crippen LogP contribution in [0.1, 0.15) is 10.4 Å². The number of hydrogen-bond acceptors (Lipinski definition) is 6. The maximum atomic E-state index is 5.19. The van der Waals surface area contributed by atoms with E-state index in [9.17, 15) is 0 Å². The Morgan fingerprint density at radius 3 is 2.12 bits per heavy atom. The number of anilines is 1. The highest BCUT2D eigenvalue weighted by Gasteiger charge is 2.09. The minimum atomic E-state index is 0. The first kappa shape index (κ1) is 19.9. The molecule has 0 aliphatic heterocycles. The third-order valence-electron chi connectivity index (χ3n) is 3.65. The number of thiazole rings is 1. The van der Waals surface area contributed by atoms with Crippen molar-refractivity contribution in [2.45, 2.75) is 6.92 Å². The van der Waals surface area contributed by atoms with Gasteiger partial charge in [-0.2, -0.15) is 5.10 Å². The minimum absolute atomic E-state index is 0. The molecule has 2 aromatic carbocycles. The van der Waals surface area contributed by atoms with Gasteiger partial charge in [-0.05, 0) is 61.0 Å². The second-order valence-electron chi connectivity index (χ2n) is 5.30. The van der Waals surface area contributed by atoms with Crippen LogP contribution in [0.3, 0.4) is 0 Å². The Labute approximate surface area is 167 Å². The zero-order chi connectivity index (χ0) is 17.6. The molecule has 1 aromatic heterocycles. The molecule has 0 saturated heterocycles. The van der Waals surface area contributed by atoms with Gasteiger partial charge in [-0.3, -0.25) is 5.43 Å². The lowest BCUT2D eigenvalue weighted by atomic mass is 10.1. The lowest BCUT2D eigenvalue weighted by Gasteiger charge is -2.01. The summed E-state index contributed by atoms with van der Waals surface area (Å²) in [6.45, 7) is 2.05. The predicted molar refractivity (Wildman–Crippen MR) is 113 cm³/mol. The first-order valence-electron chi connectivity index (χ1n) is 7.74. The van der Waals surface area contributed by atoms with E-state index in [0.29, 0.717) is 0 Å². The molecular formula is C19H20BrN3O2S. The van der Waals surface area contributed by atoms with Crippen molar-refractivity contribution in [3.8, 4) is 22.8 Å². The van der Waals surface area contributed by atoms with Gasteiger partial charge < -0.3 is 9.47 Å². The lowest BCUT2D eigenvalue weighted by molar-refractivity contribution is 0.414. The topological polar surface area (TPSA) is 55.7 Å². The number of nitrogens with one attached hydrogen (secondary N) is 1. The van der Waals surface area contributed by atoms with Crippen molar-refractivity contribution in [1.29, 1.82) is 0 Å². The number of hydrogen-bond donors (Lipinski definition) is 1. The van der Waals surface area contributed by atoms with Crippen LogP contribution in [0.15, 0.2) is 53.6 Å². The quantitative estimate of drug-likeness (QED) is 0.430. The monoisotopic (exact) mass is 433 g/mol. The molecular weight excluding hydrogens is 414 g/mol. The fraction of sp³-hybridized carbons (Fsp3) is 0.158. The van der Waals surface area contributed by atoms with Crippen LogP contribution < -0.4 is 14.9 Å². The number of benzene rings is 2. The molecule has 0 amide bonds. The average molecular weight is 434 g/mol. The van der Waals surface area contributed by atoms with E-state index < -0.39 is 0 Å². The van der Waals surface area contributed by atoms with Crippen molar-refractivity contribution in [2.24, 2.45) is 5.10 Å². The molecule has 1 N–H and O–H groups in total. The third kappa shape index (κ3) is 4.83. The Kier molecular flexibility index (Phi) is 7.17. The smallest absolute Gasteiger partial charge is 0.204 e. The molecule has 0 aliphatic carbocycles. The summed E-state index contributed by atoms with van der Waals surface area (Å²) in [5.41, 5.74) is 5.99. The van der Waals surface area contributed by atoms with E-state index in [4.69, 9.17) is 9.47 Å². The largest absolute Gasteiger partial charge is 0.497 e. The number of aryl methyl sites for hydroxylation is 1. The molecule has 0 unspecified atom stereocenters. The SMILES string of the molecule is Br.COc1ccc(/C=N/Nc2nc(-c3ccc(OC)cc3)c(C)s2)cc1. The summed E-state index contributed by atoms with van der Waals surface area (Å²) < 4.78 is 10.3. The van der Waals surface area contributed by atoms with Crippen molar-refractivity contribution < 1.29 is 9.47 Å². The summed E-state index contributed by atoms with van der Waals surface area (Å²) in [5.74, 6) is 1.66. The Balaban J connectivity index is 0.00000243. The molecule has 0 aliphatic rings. The molecule has 0 fully saturated rings. The molecule has 136 valence electrons. The van der Waals surface area contributed by atoms with Gasteiger partial charge in [0.15, 0.2) is 0 Å². The van der Waals surface area contributed by atoms with Crippen LogP contribution in [0.4, 0.5) is 5.13 Å². The van der Waals surface area contributed by atoms with E-state index in [2.05, 4.69) is 22.4 Å². The zero-order valence-electron chi connectivity index (χ0n) is 14.7. The van der Waals surface area contributed by atoms with Crippen molar-refractivity contribution in [2.75, 3.05) is 19.6 Å². The Morgan fingerprint density at radius 1 is 0.962 bits per heavy atom. The molecule has 3 aromatic rings. The summed E-state index contributed by atoms with van der Waals surface area (Å²) in [6.07, 6.45) is 1.75. The molecule has 1 heterocycles. The van der Waals surface area contributed by atoms with Crippen LogP contribution >= 0.6 is 28.3 Å². The Hall–Kier alpha value is -2.38. The molecule has 0 spiro atoms. The van der Waals surface area contributed by atoms with Gasteiger partial charge in [-0.1, -0.05) is 0 Å². The molecule has 26 heavy (non-hydrogen) atoms. The number of methoxy groups -OCH3 is 2. The fourth-order valence-electron chi connectivity index (χ4n) is 2.31. The summed E-state index contributed by atoms with van der Waals surface area (Å²) in [4.78, 5) is 5.76. The van der Waals surface area contributed by atoms with Gasteiger partial charge in [0, 0.05) is 10.4 Å². The van der Waals surface area contributed by atoms with Crippen LogP contribution in [0, 0.1) is 6.92 Å². The van der Waals surface area contributed by atoms with Crippen LogP contribution in [-0.2, 0) is 0 Å². The zero-order valence-corrected chi connectivity index (χ0v) is 17.3. The molecule has 0 bridgehead atoms. The van der Waals surface area contributed by atoms with E-state index in [1.54, 1.807) is 31.8 Å². The average Bonchev–Trinajstić information content (AvgIpc) is 3.03. The standard InChI is InChI=1S/C19H19N3O2S.BrH/c1-13-18(15-6-10-17(24-3)11-7-15)21-19(25-13)22-20-12-14-4-8-16(23-2)9-5-14;/h4-12H,1-3H3,(H,21,22);1H/b20-12+;. The van der Waals surface area contributed by atoms with Gasteiger partial charge in [0.2, 0.25) is 5.13 Å². The highest BCUT2D eigenvalue weighted by Crippen LogP contribution is 2.31. The summed E-state index contributed by atoms with van der Waals surface area (Å²) in [7, 11) is 3.31. The summed E-state index contributed by atoms with van der Waals surface area (Å²) in [5, 5.41) is 5.01. The molecule has 5 nitrogen and oxygen atoms in total. The Bertz CT molecular complexity index is 861. The van der Waals surface area contributed by atoms with Gasteiger partial charge >= 0.3 is 0 Å². The molecule has 0 atom stereocenters. The van der Waals surface area contributed by atoms with Gasteiger partial charge in [0.1, 0.15) is 11.5 Å². The summed E-state index contributed by atoms with van der Waals surface area (Å²) in [6, 6.07) is 15.6. The van der Waals surface area contributed by atoms with Crippen LogP contribution in [0.5, 0.6) is 11.5 Å². The number of ether oxygens (including phenoxy) is 2. The number of rotatable bonds is 6. The second kappa shape index (κ2) is 9.35. The van der Waals surface area contributed by atoms with Gasteiger partial charge in [0.05, 0.1) is 26.1 Å². The van der Waals surface area contributed by atoms with Crippen LogP contribution in [-0.4, -0.2) is 25.4 Å². The molecule has 7 heteroatoms. The van der Waals surface area contributed by atoms with E-state index >= 15 is 0 Å². The van der Waals surface area contributed by atoms with Crippen LogP contribution in [0.2, 0.25) is 0 Å². The predicted octanol–water partition coefficient (Wildman–Crippen LogP) is 5.16. The minimum Gasteiger partial charge on any atom is -0.497 e. The molecule has 0 radical (unpaired) electrons. The first-order valence-corrected chi connectivity index (χ1v) is 8.56. The van der Waals surface area contributed by atoms with Crippen molar-refractivity contribution in [3.63, 3.8) is 0 Å². The lowest BCUT2D eigenvalue weighted by Crippen LogP contribution is -1.90. The summed E-state index contributed by atoms with van der Waals surface area (Å²) >= 11 is 1.57.